The van der Waals surface area contributed by atoms with Gasteiger partial charge in [-0.2, -0.15) is 5.26 Å². The average molecular weight is 344 g/mol. The SMILES string of the molecule is CCOC(=O)c1c2c(C#N)sc(SC)c2n2cc(C)cc(C)c12. The van der Waals surface area contributed by atoms with E-state index in [9.17, 15) is 10.1 Å². The van der Waals surface area contributed by atoms with Gasteiger partial charge in [0.05, 0.1) is 27.4 Å². The van der Waals surface area contributed by atoms with Gasteiger partial charge in [0.2, 0.25) is 0 Å². The molecule has 0 amide bonds. The van der Waals surface area contributed by atoms with Crippen LogP contribution in [-0.4, -0.2) is 23.2 Å². The molecule has 0 aliphatic rings. The third kappa shape index (κ3) is 2.32. The zero-order valence-corrected chi connectivity index (χ0v) is 15.0. The average Bonchev–Trinajstić information content (AvgIpc) is 3.03. The second-order valence-corrected chi connectivity index (χ2v) is 7.37. The Kier molecular flexibility index (Phi) is 4.09. The summed E-state index contributed by atoms with van der Waals surface area (Å²) in [4.78, 5) is 13.2. The Labute approximate surface area is 142 Å². The van der Waals surface area contributed by atoms with Crippen molar-refractivity contribution >= 4 is 45.5 Å². The molecule has 3 heterocycles. The summed E-state index contributed by atoms with van der Waals surface area (Å²) in [6.45, 7) is 6.11. The molecule has 0 aromatic carbocycles. The molecule has 3 aromatic rings. The molecule has 4 nitrogen and oxygen atoms in total. The number of nitriles is 1. The monoisotopic (exact) mass is 344 g/mol. The lowest BCUT2D eigenvalue weighted by Gasteiger charge is -2.06. The third-order valence-corrected chi connectivity index (χ3v) is 5.93. The summed E-state index contributed by atoms with van der Waals surface area (Å²) < 4.78 is 8.34. The van der Waals surface area contributed by atoms with Gasteiger partial charge in [-0.05, 0) is 38.2 Å². The number of fused-ring (bicyclic) bond motifs is 3. The maximum Gasteiger partial charge on any atom is 0.341 e. The molecular formula is C17H16N2O2S2. The molecule has 0 aliphatic carbocycles. The number of carbonyl (C=O) groups is 1. The smallest absolute Gasteiger partial charge is 0.341 e. The summed E-state index contributed by atoms with van der Waals surface area (Å²) >= 11 is 3.02. The molecule has 0 bridgehead atoms. The van der Waals surface area contributed by atoms with Crippen LogP contribution in [0.1, 0.15) is 33.3 Å². The highest BCUT2D eigenvalue weighted by Crippen LogP contribution is 2.42. The zero-order valence-electron chi connectivity index (χ0n) is 13.4. The molecular weight excluding hydrogens is 328 g/mol. The van der Waals surface area contributed by atoms with Gasteiger partial charge in [-0.3, -0.25) is 0 Å². The van der Waals surface area contributed by atoms with E-state index in [4.69, 9.17) is 4.74 Å². The highest BCUT2D eigenvalue weighted by molar-refractivity contribution is 8.00. The minimum atomic E-state index is -0.367. The molecule has 0 saturated heterocycles. The Bertz CT molecular complexity index is 976. The van der Waals surface area contributed by atoms with Gasteiger partial charge >= 0.3 is 5.97 Å². The highest BCUT2D eigenvalue weighted by atomic mass is 32.2. The summed E-state index contributed by atoms with van der Waals surface area (Å²) in [6.07, 6.45) is 4.00. The summed E-state index contributed by atoms with van der Waals surface area (Å²) in [7, 11) is 0. The Hall–Kier alpha value is -1.97. The van der Waals surface area contributed by atoms with E-state index in [1.54, 1.807) is 18.7 Å². The van der Waals surface area contributed by atoms with Crippen molar-refractivity contribution in [3.8, 4) is 6.07 Å². The van der Waals surface area contributed by atoms with E-state index in [-0.39, 0.29) is 5.97 Å². The number of hydrogen-bond acceptors (Lipinski definition) is 5. The first-order valence-electron chi connectivity index (χ1n) is 7.22. The number of hydrogen-bond donors (Lipinski definition) is 0. The van der Waals surface area contributed by atoms with Crippen LogP contribution in [0, 0.1) is 25.2 Å². The lowest BCUT2D eigenvalue weighted by atomic mass is 10.1. The summed E-state index contributed by atoms with van der Waals surface area (Å²) in [5, 5.41) is 10.2. The number of pyridine rings is 1. The van der Waals surface area contributed by atoms with Crippen molar-refractivity contribution in [1.82, 2.24) is 4.40 Å². The standard InChI is InChI=1S/C17H16N2O2S2/c1-5-21-16(20)13-12-11(7-18)23-17(22-4)15(12)19-8-9(2)6-10(3)14(13)19/h6,8H,5H2,1-4H3. The van der Waals surface area contributed by atoms with Gasteiger partial charge in [0.25, 0.3) is 0 Å². The second kappa shape index (κ2) is 5.91. The molecule has 0 spiro atoms. The lowest BCUT2D eigenvalue weighted by Crippen LogP contribution is -2.05. The first-order valence-corrected chi connectivity index (χ1v) is 9.26. The van der Waals surface area contributed by atoms with Gasteiger partial charge in [0.15, 0.2) is 0 Å². The van der Waals surface area contributed by atoms with Crippen molar-refractivity contribution in [3.63, 3.8) is 0 Å². The zero-order chi connectivity index (χ0) is 16.7. The number of esters is 1. The van der Waals surface area contributed by atoms with Gasteiger partial charge in [-0.15, -0.1) is 23.1 Å². The third-order valence-electron chi connectivity index (χ3n) is 3.74. The fraction of sp³-hybridized carbons (Fsp3) is 0.294. The van der Waals surface area contributed by atoms with E-state index in [0.29, 0.717) is 22.4 Å². The van der Waals surface area contributed by atoms with E-state index in [2.05, 4.69) is 6.07 Å². The minimum absolute atomic E-state index is 0.310. The lowest BCUT2D eigenvalue weighted by molar-refractivity contribution is 0.0531. The first kappa shape index (κ1) is 15.9. The van der Waals surface area contributed by atoms with E-state index in [1.807, 2.05) is 36.8 Å². The van der Waals surface area contributed by atoms with Crippen molar-refractivity contribution in [3.05, 3.63) is 33.8 Å². The minimum Gasteiger partial charge on any atom is -0.462 e. The van der Waals surface area contributed by atoms with Crippen LogP contribution in [0.3, 0.4) is 0 Å². The maximum absolute atomic E-state index is 12.6. The molecule has 3 aromatic heterocycles. The largest absolute Gasteiger partial charge is 0.462 e. The van der Waals surface area contributed by atoms with Gasteiger partial charge in [-0.25, -0.2) is 4.79 Å². The highest BCUT2D eigenvalue weighted by Gasteiger charge is 2.27. The van der Waals surface area contributed by atoms with Crippen LogP contribution in [0.5, 0.6) is 0 Å². The Balaban J connectivity index is 2.58. The van der Waals surface area contributed by atoms with Crippen molar-refractivity contribution in [2.75, 3.05) is 12.9 Å². The molecule has 0 atom stereocenters. The molecule has 0 N–H and O–H groups in total. The summed E-state index contributed by atoms with van der Waals surface area (Å²) in [5.74, 6) is -0.367. The van der Waals surface area contributed by atoms with E-state index < -0.39 is 0 Å². The van der Waals surface area contributed by atoms with Gasteiger partial charge in [0.1, 0.15) is 10.9 Å². The Morgan fingerprint density at radius 3 is 2.78 bits per heavy atom. The molecule has 0 unspecified atom stereocenters. The number of nitrogens with zero attached hydrogens (tertiary/aromatic N) is 2. The maximum atomic E-state index is 12.6. The normalized spacial score (nSPS) is 11.1. The quantitative estimate of drug-likeness (QED) is 0.517. The van der Waals surface area contributed by atoms with Crippen molar-refractivity contribution in [2.45, 2.75) is 25.0 Å². The molecule has 6 heteroatoms. The van der Waals surface area contributed by atoms with Gasteiger partial charge < -0.3 is 9.14 Å². The fourth-order valence-corrected chi connectivity index (χ4v) is 4.80. The molecule has 0 fully saturated rings. The first-order chi connectivity index (χ1) is 11.0. The van der Waals surface area contributed by atoms with Gasteiger partial charge in [0, 0.05) is 11.6 Å². The van der Waals surface area contributed by atoms with Crippen LogP contribution >= 0.6 is 23.1 Å². The van der Waals surface area contributed by atoms with Crippen LogP contribution in [-0.2, 0) is 4.74 Å². The number of rotatable bonds is 3. The number of carbonyl (C=O) groups excluding carboxylic acids is 1. The van der Waals surface area contributed by atoms with Crippen LogP contribution in [0.4, 0.5) is 0 Å². The van der Waals surface area contributed by atoms with Gasteiger partial charge in [-0.1, -0.05) is 6.07 Å². The second-order valence-electron chi connectivity index (χ2n) is 5.27. The molecule has 0 radical (unpaired) electrons. The number of aromatic nitrogens is 1. The number of ether oxygens (including phenoxy) is 1. The van der Waals surface area contributed by atoms with Crippen LogP contribution in [0.25, 0.3) is 16.4 Å². The van der Waals surface area contributed by atoms with E-state index in [1.165, 1.54) is 11.3 Å². The molecule has 118 valence electrons. The molecule has 3 rings (SSSR count). The van der Waals surface area contributed by atoms with Crippen molar-refractivity contribution in [1.29, 1.82) is 5.26 Å². The summed E-state index contributed by atoms with van der Waals surface area (Å²) in [6, 6.07) is 4.29. The van der Waals surface area contributed by atoms with Crippen molar-refractivity contribution < 1.29 is 9.53 Å². The Morgan fingerprint density at radius 2 is 2.17 bits per heavy atom. The molecule has 0 aliphatic heterocycles. The number of thiophene rings is 1. The predicted octanol–water partition coefficient (Wildman–Crippen LogP) is 4.54. The van der Waals surface area contributed by atoms with Crippen LogP contribution < -0.4 is 0 Å². The fourth-order valence-electron chi connectivity index (χ4n) is 2.99. The summed E-state index contributed by atoms with van der Waals surface area (Å²) in [5.41, 5.74) is 4.39. The van der Waals surface area contributed by atoms with Crippen LogP contribution in [0.15, 0.2) is 16.5 Å². The molecule has 0 saturated carbocycles. The topological polar surface area (TPSA) is 54.5 Å². The van der Waals surface area contributed by atoms with E-state index in [0.717, 1.165) is 26.4 Å². The number of aryl methyl sites for hydroxylation is 2. The van der Waals surface area contributed by atoms with E-state index >= 15 is 0 Å². The van der Waals surface area contributed by atoms with Crippen LogP contribution in [0.2, 0.25) is 0 Å². The number of thioether (sulfide) groups is 1. The predicted molar refractivity (Wildman–Crippen MR) is 94.7 cm³/mol. The Morgan fingerprint density at radius 1 is 1.43 bits per heavy atom. The van der Waals surface area contributed by atoms with Crippen molar-refractivity contribution in [2.24, 2.45) is 0 Å². The molecule has 23 heavy (non-hydrogen) atoms.